The summed E-state index contributed by atoms with van der Waals surface area (Å²) in [7, 11) is 0. The second kappa shape index (κ2) is 5.55. The normalized spacial score (nSPS) is 17.4. The maximum atomic E-state index is 12.1. The van der Waals surface area contributed by atoms with E-state index in [1.165, 1.54) is 4.90 Å². The molecule has 3 amide bonds. The zero-order valence-electron chi connectivity index (χ0n) is 11.6. The topological polar surface area (TPSA) is 66.9 Å². The van der Waals surface area contributed by atoms with Gasteiger partial charge in [-0.3, -0.25) is 14.5 Å². The van der Waals surface area contributed by atoms with E-state index < -0.39 is 0 Å². The number of fused-ring (bicyclic) bond motifs is 1. The molecular formula is C15H16N2O4. The van der Waals surface area contributed by atoms with Crippen molar-refractivity contribution in [3.05, 3.63) is 35.4 Å². The van der Waals surface area contributed by atoms with Crippen LogP contribution in [0, 0.1) is 0 Å². The Hall–Kier alpha value is -2.37. The van der Waals surface area contributed by atoms with E-state index in [0.717, 1.165) is 6.42 Å². The van der Waals surface area contributed by atoms with Gasteiger partial charge in [0.25, 0.3) is 11.8 Å². The lowest BCUT2D eigenvalue weighted by Gasteiger charge is -2.15. The summed E-state index contributed by atoms with van der Waals surface area (Å²) in [6.07, 6.45) is 1.13. The van der Waals surface area contributed by atoms with Crippen molar-refractivity contribution in [2.24, 2.45) is 0 Å². The van der Waals surface area contributed by atoms with Crippen LogP contribution < -0.4 is 0 Å². The number of hydrogen-bond donors (Lipinski definition) is 0. The van der Waals surface area contributed by atoms with Crippen LogP contribution in [0.25, 0.3) is 0 Å². The molecule has 0 saturated carbocycles. The van der Waals surface area contributed by atoms with Crippen LogP contribution in [0.5, 0.6) is 0 Å². The maximum Gasteiger partial charge on any atom is 0.409 e. The maximum absolute atomic E-state index is 12.1. The molecule has 0 aliphatic carbocycles. The fourth-order valence-electron chi connectivity index (χ4n) is 2.64. The van der Waals surface area contributed by atoms with Gasteiger partial charge in [0.1, 0.15) is 6.61 Å². The Morgan fingerprint density at radius 3 is 2.14 bits per heavy atom. The van der Waals surface area contributed by atoms with Gasteiger partial charge in [-0.2, -0.15) is 0 Å². The van der Waals surface area contributed by atoms with Gasteiger partial charge in [0.05, 0.1) is 17.7 Å². The number of benzene rings is 1. The van der Waals surface area contributed by atoms with E-state index in [9.17, 15) is 14.4 Å². The minimum atomic E-state index is -0.282. The number of amides is 3. The van der Waals surface area contributed by atoms with Crippen LogP contribution in [0.3, 0.4) is 0 Å². The van der Waals surface area contributed by atoms with E-state index in [1.807, 2.05) is 0 Å². The number of hydrogen-bond acceptors (Lipinski definition) is 4. The fraction of sp³-hybridized carbons (Fsp3) is 0.400. The number of nitrogens with zero attached hydrogens (tertiary/aromatic N) is 2. The smallest absolute Gasteiger partial charge is 0.409 e. The monoisotopic (exact) mass is 288 g/mol. The van der Waals surface area contributed by atoms with Crippen LogP contribution in [-0.2, 0) is 4.74 Å². The van der Waals surface area contributed by atoms with Crippen LogP contribution in [-0.4, -0.2) is 53.9 Å². The zero-order chi connectivity index (χ0) is 14.8. The lowest BCUT2D eigenvalue weighted by Crippen LogP contribution is -2.31. The van der Waals surface area contributed by atoms with Crippen LogP contribution in [0.2, 0.25) is 0 Å². The van der Waals surface area contributed by atoms with Gasteiger partial charge in [-0.25, -0.2) is 4.79 Å². The number of imide groups is 1. The van der Waals surface area contributed by atoms with Gasteiger partial charge < -0.3 is 9.64 Å². The Kier molecular flexibility index (Phi) is 3.60. The first-order chi connectivity index (χ1) is 10.2. The SMILES string of the molecule is O=C1OCCN1CCCCN1C(=O)c2ccccc2C1=O. The molecule has 2 heterocycles. The number of unbranched alkanes of at least 4 members (excludes halogenated alkanes) is 1. The molecule has 0 N–H and O–H groups in total. The second-order valence-electron chi connectivity index (χ2n) is 5.12. The summed E-state index contributed by atoms with van der Waals surface area (Å²) in [4.78, 5) is 38.4. The first kappa shape index (κ1) is 13.6. The summed E-state index contributed by atoms with van der Waals surface area (Å²) in [5, 5.41) is 0. The Morgan fingerprint density at radius 1 is 0.952 bits per heavy atom. The van der Waals surface area contributed by atoms with Gasteiger partial charge in [0.15, 0.2) is 0 Å². The predicted octanol–water partition coefficient (Wildman–Crippen LogP) is 1.52. The first-order valence-electron chi connectivity index (χ1n) is 7.05. The molecule has 110 valence electrons. The molecule has 2 aliphatic rings. The lowest BCUT2D eigenvalue weighted by atomic mass is 10.1. The number of cyclic esters (lactones) is 1. The van der Waals surface area contributed by atoms with Crippen molar-refractivity contribution in [2.75, 3.05) is 26.2 Å². The van der Waals surface area contributed by atoms with Crippen LogP contribution >= 0.6 is 0 Å². The van der Waals surface area contributed by atoms with Crippen LogP contribution in [0.15, 0.2) is 24.3 Å². The van der Waals surface area contributed by atoms with Crippen molar-refractivity contribution in [1.82, 2.24) is 9.80 Å². The molecule has 0 atom stereocenters. The Morgan fingerprint density at radius 2 is 1.57 bits per heavy atom. The van der Waals surface area contributed by atoms with Crippen molar-refractivity contribution in [2.45, 2.75) is 12.8 Å². The summed E-state index contributed by atoms with van der Waals surface area (Å²) in [6, 6.07) is 6.87. The molecule has 3 rings (SSSR count). The van der Waals surface area contributed by atoms with E-state index in [0.29, 0.717) is 43.8 Å². The Labute approximate surface area is 122 Å². The van der Waals surface area contributed by atoms with E-state index in [2.05, 4.69) is 0 Å². The molecule has 0 spiro atoms. The largest absolute Gasteiger partial charge is 0.448 e. The summed E-state index contributed by atoms with van der Waals surface area (Å²) in [6.45, 7) is 2.04. The van der Waals surface area contributed by atoms with Gasteiger partial charge in [0.2, 0.25) is 0 Å². The van der Waals surface area contributed by atoms with E-state index in [-0.39, 0.29) is 17.9 Å². The number of rotatable bonds is 5. The third-order valence-corrected chi connectivity index (χ3v) is 3.78. The molecular weight excluding hydrogens is 272 g/mol. The molecule has 0 bridgehead atoms. The first-order valence-corrected chi connectivity index (χ1v) is 7.05. The van der Waals surface area contributed by atoms with Crippen molar-refractivity contribution in [1.29, 1.82) is 0 Å². The van der Waals surface area contributed by atoms with Crippen LogP contribution in [0.4, 0.5) is 4.79 Å². The Bertz CT molecular complexity index is 564. The van der Waals surface area contributed by atoms with E-state index >= 15 is 0 Å². The molecule has 1 aromatic rings. The molecule has 1 fully saturated rings. The lowest BCUT2D eigenvalue weighted by molar-refractivity contribution is 0.0650. The molecule has 21 heavy (non-hydrogen) atoms. The number of carbonyl (C=O) groups is 3. The fourth-order valence-corrected chi connectivity index (χ4v) is 2.64. The highest BCUT2D eigenvalue weighted by molar-refractivity contribution is 6.21. The highest BCUT2D eigenvalue weighted by Gasteiger charge is 2.34. The average molecular weight is 288 g/mol. The zero-order valence-corrected chi connectivity index (χ0v) is 11.6. The van der Waals surface area contributed by atoms with E-state index in [4.69, 9.17) is 4.74 Å². The highest BCUT2D eigenvalue weighted by Crippen LogP contribution is 2.22. The molecule has 0 radical (unpaired) electrons. The Balaban J connectivity index is 1.52. The quantitative estimate of drug-likeness (QED) is 0.608. The third-order valence-electron chi connectivity index (χ3n) is 3.78. The molecule has 1 aromatic carbocycles. The number of ether oxygens (including phenoxy) is 1. The molecule has 0 aromatic heterocycles. The second-order valence-corrected chi connectivity index (χ2v) is 5.12. The van der Waals surface area contributed by atoms with Crippen molar-refractivity contribution in [3.8, 4) is 0 Å². The highest BCUT2D eigenvalue weighted by atomic mass is 16.6. The van der Waals surface area contributed by atoms with Gasteiger partial charge in [-0.15, -0.1) is 0 Å². The number of carbonyl (C=O) groups excluding carboxylic acids is 3. The van der Waals surface area contributed by atoms with Crippen LogP contribution in [0.1, 0.15) is 33.6 Å². The molecule has 2 aliphatic heterocycles. The average Bonchev–Trinajstić information content (AvgIpc) is 3.00. The summed E-state index contributed by atoms with van der Waals surface area (Å²) < 4.78 is 4.84. The minimum Gasteiger partial charge on any atom is -0.448 e. The van der Waals surface area contributed by atoms with E-state index in [1.54, 1.807) is 29.2 Å². The summed E-state index contributed by atoms with van der Waals surface area (Å²) >= 11 is 0. The molecule has 6 nitrogen and oxygen atoms in total. The molecule has 0 unspecified atom stereocenters. The van der Waals surface area contributed by atoms with Gasteiger partial charge in [-0.1, -0.05) is 12.1 Å². The molecule has 6 heteroatoms. The van der Waals surface area contributed by atoms with Crippen molar-refractivity contribution in [3.63, 3.8) is 0 Å². The van der Waals surface area contributed by atoms with Gasteiger partial charge in [-0.05, 0) is 25.0 Å². The van der Waals surface area contributed by atoms with Gasteiger partial charge >= 0.3 is 6.09 Å². The third kappa shape index (κ3) is 2.49. The minimum absolute atomic E-state index is 0.226. The summed E-state index contributed by atoms with van der Waals surface area (Å²) in [5.41, 5.74) is 0.955. The standard InChI is InChI=1S/C15H16N2O4/c18-13-11-5-1-2-6-12(11)14(19)17(13)8-4-3-7-16-9-10-21-15(16)20/h1-2,5-6H,3-4,7-10H2. The molecule has 1 saturated heterocycles. The van der Waals surface area contributed by atoms with Gasteiger partial charge in [0, 0.05) is 13.1 Å². The van der Waals surface area contributed by atoms with Crippen molar-refractivity contribution >= 4 is 17.9 Å². The predicted molar refractivity (Wildman–Crippen MR) is 74.0 cm³/mol. The summed E-state index contributed by atoms with van der Waals surface area (Å²) in [5.74, 6) is -0.452. The van der Waals surface area contributed by atoms with Crippen molar-refractivity contribution < 1.29 is 19.1 Å².